The Kier molecular flexibility index (Phi) is 5.91. The van der Waals surface area contributed by atoms with Crippen LogP contribution in [0, 0.1) is 5.82 Å². The summed E-state index contributed by atoms with van der Waals surface area (Å²) in [5.74, 6) is 0.884. The standard InChI is InChI=1S/C26H25FN4O4S/c1-34-22-9-4-8-21(23(22)27)17-6-3-7-19(16-17)26(24-29-14-5-15-31(24)25(28)30-26)18-10-12-20(13-11-18)35-36(2,32)33/h3-4,6-13,16H,5,14-15H2,1-2H3,(H2,28,30). The number of nitrogens with zero attached hydrogens (tertiary/aromatic N) is 3. The molecule has 0 saturated heterocycles. The molecule has 0 spiro atoms. The van der Waals surface area contributed by atoms with Gasteiger partial charge < -0.3 is 14.7 Å². The Morgan fingerprint density at radius 2 is 1.81 bits per heavy atom. The number of hydrogen-bond donors (Lipinski definition) is 1. The zero-order chi connectivity index (χ0) is 25.5. The monoisotopic (exact) mass is 508 g/mol. The lowest BCUT2D eigenvalue weighted by molar-refractivity contribution is 0.387. The highest BCUT2D eigenvalue weighted by Crippen LogP contribution is 2.43. The lowest BCUT2D eigenvalue weighted by Crippen LogP contribution is -2.46. The number of aliphatic imine (C=N–C) groups is 2. The van der Waals surface area contributed by atoms with Crippen LogP contribution in [0.1, 0.15) is 17.5 Å². The molecule has 3 aromatic rings. The number of ether oxygens (including phenoxy) is 1. The Morgan fingerprint density at radius 3 is 2.53 bits per heavy atom. The van der Waals surface area contributed by atoms with Crippen LogP contribution >= 0.6 is 0 Å². The molecule has 3 aromatic carbocycles. The van der Waals surface area contributed by atoms with Crippen molar-refractivity contribution in [3.05, 3.63) is 83.7 Å². The van der Waals surface area contributed by atoms with E-state index >= 15 is 4.39 Å². The minimum Gasteiger partial charge on any atom is -0.494 e. The Bertz CT molecular complexity index is 1490. The molecule has 0 aromatic heterocycles. The van der Waals surface area contributed by atoms with Gasteiger partial charge >= 0.3 is 10.1 Å². The molecule has 2 aliphatic heterocycles. The van der Waals surface area contributed by atoms with Crippen molar-refractivity contribution in [2.24, 2.45) is 15.7 Å². The minimum absolute atomic E-state index is 0.153. The Hall–Kier alpha value is -3.92. The molecular formula is C26H25FN4O4S. The van der Waals surface area contributed by atoms with Crippen LogP contribution in [0.15, 0.2) is 76.7 Å². The van der Waals surface area contributed by atoms with Crippen molar-refractivity contribution in [2.75, 3.05) is 26.5 Å². The average molecular weight is 509 g/mol. The average Bonchev–Trinajstić information content (AvgIpc) is 3.17. The molecule has 186 valence electrons. The van der Waals surface area contributed by atoms with Crippen molar-refractivity contribution in [1.29, 1.82) is 0 Å². The molecule has 1 atom stereocenters. The van der Waals surface area contributed by atoms with Crippen molar-refractivity contribution in [1.82, 2.24) is 4.90 Å². The zero-order valence-electron chi connectivity index (χ0n) is 19.8. The van der Waals surface area contributed by atoms with Gasteiger partial charge in [-0.15, -0.1) is 0 Å². The maximum atomic E-state index is 15.1. The number of methoxy groups -OCH3 is 1. The molecule has 0 saturated carbocycles. The van der Waals surface area contributed by atoms with Gasteiger partial charge in [0, 0.05) is 18.7 Å². The van der Waals surface area contributed by atoms with E-state index in [0.29, 0.717) is 36.0 Å². The number of nitrogens with two attached hydrogens (primary N) is 1. The summed E-state index contributed by atoms with van der Waals surface area (Å²) in [4.78, 5) is 11.6. The van der Waals surface area contributed by atoms with E-state index in [4.69, 9.17) is 24.6 Å². The number of hydrogen-bond acceptors (Lipinski definition) is 8. The van der Waals surface area contributed by atoms with Crippen LogP contribution < -0.4 is 14.7 Å². The maximum absolute atomic E-state index is 15.1. The van der Waals surface area contributed by atoms with Gasteiger partial charge in [-0.05, 0) is 47.4 Å². The van der Waals surface area contributed by atoms with Crippen LogP contribution in [0.2, 0.25) is 0 Å². The highest BCUT2D eigenvalue weighted by atomic mass is 32.2. The molecule has 0 aliphatic carbocycles. The Labute approximate surface area is 209 Å². The van der Waals surface area contributed by atoms with Gasteiger partial charge in [0.15, 0.2) is 23.1 Å². The summed E-state index contributed by atoms with van der Waals surface area (Å²) in [6.07, 6.45) is 1.83. The highest BCUT2D eigenvalue weighted by Gasteiger charge is 2.49. The molecule has 2 N–H and O–H groups in total. The molecule has 0 radical (unpaired) electrons. The summed E-state index contributed by atoms with van der Waals surface area (Å²) in [6, 6.07) is 19.1. The maximum Gasteiger partial charge on any atom is 0.306 e. The van der Waals surface area contributed by atoms with Crippen molar-refractivity contribution < 1.29 is 21.7 Å². The molecule has 2 aliphatic rings. The summed E-state index contributed by atoms with van der Waals surface area (Å²) in [6.45, 7) is 1.30. The van der Waals surface area contributed by atoms with Crippen LogP contribution in [0.3, 0.4) is 0 Å². The second-order valence-corrected chi connectivity index (χ2v) is 10.2. The van der Waals surface area contributed by atoms with Crippen molar-refractivity contribution in [2.45, 2.75) is 12.0 Å². The predicted octanol–water partition coefficient (Wildman–Crippen LogP) is 3.52. The normalized spacial score (nSPS) is 19.4. The zero-order valence-corrected chi connectivity index (χ0v) is 20.6. The van der Waals surface area contributed by atoms with Gasteiger partial charge in [-0.3, -0.25) is 9.89 Å². The summed E-state index contributed by atoms with van der Waals surface area (Å²) in [5, 5.41) is 0. The number of rotatable bonds is 6. The number of fused-ring (bicyclic) bond motifs is 1. The van der Waals surface area contributed by atoms with Crippen molar-refractivity contribution in [3.63, 3.8) is 0 Å². The van der Waals surface area contributed by atoms with Crippen molar-refractivity contribution >= 4 is 21.9 Å². The number of amidine groups is 1. The van der Waals surface area contributed by atoms with Gasteiger partial charge in [0.1, 0.15) is 11.6 Å². The third-order valence-corrected chi connectivity index (χ3v) is 6.73. The topological polar surface area (TPSA) is 107 Å². The molecule has 8 nitrogen and oxygen atoms in total. The van der Waals surface area contributed by atoms with Gasteiger partial charge in [-0.1, -0.05) is 42.5 Å². The quantitative estimate of drug-likeness (QED) is 0.511. The van der Waals surface area contributed by atoms with Gasteiger partial charge in [-0.2, -0.15) is 8.42 Å². The van der Waals surface area contributed by atoms with Crippen LogP contribution in [-0.2, 0) is 15.7 Å². The van der Waals surface area contributed by atoms with Crippen molar-refractivity contribution in [3.8, 4) is 22.6 Å². The molecule has 10 heteroatoms. The van der Waals surface area contributed by atoms with E-state index in [0.717, 1.165) is 23.8 Å². The molecule has 36 heavy (non-hydrogen) atoms. The first kappa shape index (κ1) is 23.8. The molecule has 0 amide bonds. The van der Waals surface area contributed by atoms with E-state index in [2.05, 4.69) is 0 Å². The number of halogens is 1. The fourth-order valence-electron chi connectivity index (χ4n) is 4.70. The second kappa shape index (κ2) is 8.94. The second-order valence-electron chi connectivity index (χ2n) is 8.61. The Morgan fingerprint density at radius 1 is 1.06 bits per heavy atom. The first-order valence-corrected chi connectivity index (χ1v) is 13.2. The van der Waals surface area contributed by atoms with Crippen LogP contribution in [-0.4, -0.2) is 51.6 Å². The largest absolute Gasteiger partial charge is 0.494 e. The van der Waals surface area contributed by atoms with Crippen LogP contribution in [0.5, 0.6) is 11.5 Å². The molecule has 1 unspecified atom stereocenters. The van der Waals surface area contributed by atoms with E-state index in [1.165, 1.54) is 7.11 Å². The predicted molar refractivity (Wildman–Crippen MR) is 136 cm³/mol. The number of guanidine groups is 1. The third-order valence-electron chi connectivity index (χ3n) is 6.23. The van der Waals surface area contributed by atoms with E-state index in [1.807, 2.05) is 29.2 Å². The summed E-state index contributed by atoms with van der Waals surface area (Å²) >= 11 is 0. The fraction of sp³-hybridized carbons (Fsp3) is 0.231. The van der Waals surface area contributed by atoms with Gasteiger partial charge in [0.25, 0.3) is 0 Å². The fourth-order valence-corrected chi connectivity index (χ4v) is 5.16. The molecule has 2 heterocycles. The first-order chi connectivity index (χ1) is 17.2. The van der Waals surface area contributed by atoms with E-state index < -0.39 is 21.5 Å². The molecular weight excluding hydrogens is 483 g/mol. The van der Waals surface area contributed by atoms with Gasteiger partial charge in [0.2, 0.25) is 0 Å². The smallest absolute Gasteiger partial charge is 0.306 e. The van der Waals surface area contributed by atoms with Gasteiger partial charge in [-0.25, -0.2) is 9.38 Å². The third kappa shape index (κ3) is 4.07. The van der Waals surface area contributed by atoms with Crippen LogP contribution in [0.4, 0.5) is 4.39 Å². The minimum atomic E-state index is -3.68. The summed E-state index contributed by atoms with van der Waals surface area (Å²) in [5.41, 5.74) is 7.77. The van der Waals surface area contributed by atoms with E-state index in [9.17, 15) is 8.42 Å². The van der Waals surface area contributed by atoms with E-state index in [-0.39, 0.29) is 11.5 Å². The van der Waals surface area contributed by atoms with Crippen LogP contribution in [0.25, 0.3) is 11.1 Å². The first-order valence-electron chi connectivity index (χ1n) is 11.3. The van der Waals surface area contributed by atoms with Gasteiger partial charge in [0.05, 0.1) is 13.4 Å². The highest BCUT2D eigenvalue weighted by molar-refractivity contribution is 7.86. The molecule has 0 bridgehead atoms. The summed E-state index contributed by atoms with van der Waals surface area (Å²) < 4.78 is 48.5. The number of benzene rings is 3. The molecule has 5 rings (SSSR count). The SMILES string of the molecule is COc1cccc(-c2cccc(C3(c4ccc(OS(C)(=O)=O)cc4)N=C(N)N4CCCN=C43)c2)c1F. The van der Waals surface area contributed by atoms with E-state index in [1.54, 1.807) is 42.5 Å². The lowest BCUT2D eigenvalue weighted by atomic mass is 9.81. The molecule has 0 fully saturated rings. The Balaban J connectivity index is 1.69. The lowest BCUT2D eigenvalue weighted by Gasteiger charge is -2.33. The summed E-state index contributed by atoms with van der Waals surface area (Å²) in [7, 11) is -2.25.